The molecular weight excluding hydrogens is 206 g/mol. The van der Waals surface area contributed by atoms with Gasteiger partial charge >= 0.3 is 0 Å². The Labute approximate surface area is 93.7 Å². The van der Waals surface area contributed by atoms with Crippen LogP contribution in [0.25, 0.3) is 0 Å². The predicted molar refractivity (Wildman–Crippen MR) is 58.7 cm³/mol. The smallest absolute Gasteiger partial charge is 0.276 e. The molecule has 0 aliphatic carbocycles. The van der Waals surface area contributed by atoms with E-state index >= 15 is 0 Å². The molecule has 0 aromatic carbocycles. The van der Waals surface area contributed by atoms with Gasteiger partial charge in [-0.15, -0.1) is 5.10 Å². The Bertz CT molecular complexity index is 398. The molecule has 2 rings (SSSR count). The van der Waals surface area contributed by atoms with Crippen molar-refractivity contribution >= 4 is 5.91 Å². The minimum atomic E-state index is -0.0624. The maximum absolute atomic E-state index is 12.0. The highest BCUT2D eigenvalue weighted by molar-refractivity contribution is 5.92. The molecule has 6 heteroatoms. The van der Waals surface area contributed by atoms with Crippen LogP contribution in [-0.2, 0) is 6.54 Å². The van der Waals surface area contributed by atoms with Crippen LogP contribution in [0.3, 0.4) is 0 Å². The first-order chi connectivity index (χ1) is 7.81. The molecule has 0 radical (unpaired) electrons. The summed E-state index contributed by atoms with van der Waals surface area (Å²) < 4.78 is 1.59. The van der Waals surface area contributed by atoms with E-state index in [-0.39, 0.29) is 5.91 Å². The van der Waals surface area contributed by atoms with Gasteiger partial charge in [0.05, 0.1) is 12.7 Å². The highest BCUT2D eigenvalue weighted by Crippen LogP contribution is 2.06. The highest BCUT2D eigenvalue weighted by Gasteiger charge is 2.18. The second-order valence-electron chi connectivity index (χ2n) is 3.67. The van der Waals surface area contributed by atoms with Crippen LogP contribution in [0.15, 0.2) is 18.3 Å². The number of nitrogens with two attached hydrogens (primary N) is 1. The normalized spacial score (nSPS) is 15.4. The lowest BCUT2D eigenvalue weighted by molar-refractivity contribution is 0.0765. The lowest BCUT2D eigenvalue weighted by Crippen LogP contribution is -2.34. The average molecular weight is 221 g/mol. The van der Waals surface area contributed by atoms with Crippen LogP contribution in [0.2, 0.25) is 0 Å². The van der Waals surface area contributed by atoms with E-state index in [0.29, 0.717) is 25.3 Å². The van der Waals surface area contributed by atoms with E-state index in [1.54, 1.807) is 15.8 Å². The van der Waals surface area contributed by atoms with Crippen LogP contribution in [0, 0.1) is 0 Å². The van der Waals surface area contributed by atoms with Gasteiger partial charge in [-0.3, -0.25) is 9.48 Å². The maximum atomic E-state index is 12.0. The van der Waals surface area contributed by atoms with Crippen LogP contribution in [0.5, 0.6) is 0 Å². The molecule has 16 heavy (non-hydrogen) atoms. The van der Waals surface area contributed by atoms with Crippen molar-refractivity contribution in [3.63, 3.8) is 0 Å². The number of nitrogens with zero attached hydrogens (tertiary/aromatic N) is 4. The third-order valence-corrected chi connectivity index (χ3v) is 2.46. The summed E-state index contributed by atoms with van der Waals surface area (Å²) in [6.07, 6.45) is 6.62. The fourth-order valence-corrected chi connectivity index (χ4v) is 1.63. The minimum Gasteiger partial charge on any atom is -0.333 e. The molecule has 86 valence electrons. The van der Waals surface area contributed by atoms with Gasteiger partial charge in [-0.1, -0.05) is 17.4 Å². The van der Waals surface area contributed by atoms with Crippen molar-refractivity contribution in [2.24, 2.45) is 5.73 Å². The zero-order valence-electron chi connectivity index (χ0n) is 9.04. The highest BCUT2D eigenvalue weighted by atomic mass is 16.2. The van der Waals surface area contributed by atoms with Crippen molar-refractivity contribution in [1.29, 1.82) is 0 Å². The van der Waals surface area contributed by atoms with E-state index < -0.39 is 0 Å². The van der Waals surface area contributed by atoms with Gasteiger partial charge in [0.15, 0.2) is 5.69 Å². The Morgan fingerprint density at radius 3 is 3.06 bits per heavy atom. The molecule has 6 nitrogen and oxygen atoms in total. The molecule has 0 saturated carbocycles. The molecule has 0 atom stereocenters. The fourth-order valence-electron chi connectivity index (χ4n) is 1.63. The summed E-state index contributed by atoms with van der Waals surface area (Å²) in [6, 6.07) is 0. The van der Waals surface area contributed by atoms with Gasteiger partial charge in [0, 0.05) is 19.6 Å². The van der Waals surface area contributed by atoms with Crippen LogP contribution in [-0.4, -0.2) is 45.4 Å². The first-order valence-corrected chi connectivity index (χ1v) is 5.35. The first-order valence-electron chi connectivity index (χ1n) is 5.35. The fraction of sp³-hybridized carbons (Fsp3) is 0.500. The molecule has 0 fully saturated rings. The monoisotopic (exact) mass is 221 g/mol. The molecule has 0 unspecified atom stereocenters. The summed E-state index contributed by atoms with van der Waals surface area (Å²) in [5, 5.41) is 7.70. The molecule has 1 aromatic heterocycles. The van der Waals surface area contributed by atoms with Gasteiger partial charge in [-0.05, 0) is 6.42 Å². The molecule has 0 bridgehead atoms. The zero-order chi connectivity index (χ0) is 11.4. The van der Waals surface area contributed by atoms with Gasteiger partial charge < -0.3 is 10.6 Å². The third-order valence-electron chi connectivity index (χ3n) is 2.46. The molecule has 2 N–H and O–H groups in total. The standard InChI is InChI=1S/C10H15N5O/c11-4-7-15-8-9(12-13-15)10(16)14-5-2-1-3-6-14/h1-2,8H,3-7,11H2. The van der Waals surface area contributed by atoms with Gasteiger partial charge in [-0.2, -0.15) is 0 Å². The quantitative estimate of drug-likeness (QED) is 0.707. The Kier molecular flexibility index (Phi) is 3.31. The topological polar surface area (TPSA) is 77.0 Å². The number of carbonyl (C=O) groups is 1. The molecule has 2 heterocycles. The van der Waals surface area contributed by atoms with Gasteiger partial charge in [0.25, 0.3) is 5.91 Å². The Morgan fingerprint density at radius 1 is 1.50 bits per heavy atom. The molecule has 1 aliphatic rings. The Balaban J connectivity index is 2.05. The van der Waals surface area contributed by atoms with Crippen LogP contribution >= 0.6 is 0 Å². The van der Waals surface area contributed by atoms with Crippen molar-refractivity contribution in [3.05, 3.63) is 24.0 Å². The second kappa shape index (κ2) is 4.89. The maximum Gasteiger partial charge on any atom is 0.276 e. The van der Waals surface area contributed by atoms with Crippen molar-refractivity contribution in [1.82, 2.24) is 19.9 Å². The van der Waals surface area contributed by atoms with Gasteiger partial charge in [0.2, 0.25) is 0 Å². The lowest BCUT2D eigenvalue weighted by atomic mass is 10.2. The molecular formula is C10H15N5O. The number of hydrogen-bond donors (Lipinski definition) is 1. The lowest BCUT2D eigenvalue weighted by Gasteiger charge is -2.21. The van der Waals surface area contributed by atoms with Crippen molar-refractivity contribution in [3.8, 4) is 0 Å². The first kappa shape index (κ1) is 10.8. The van der Waals surface area contributed by atoms with Crippen molar-refractivity contribution < 1.29 is 4.79 Å². The second-order valence-corrected chi connectivity index (χ2v) is 3.67. The average Bonchev–Trinajstić information content (AvgIpc) is 2.78. The van der Waals surface area contributed by atoms with Gasteiger partial charge in [0.1, 0.15) is 0 Å². The predicted octanol–water partition coefficient (Wildman–Crippen LogP) is -0.361. The molecule has 0 spiro atoms. The number of aromatic nitrogens is 3. The molecule has 1 aromatic rings. The zero-order valence-corrected chi connectivity index (χ0v) is 9.04. The van der Waals surface area contributed by atoms with E-state index in [9.17, 15) is 4.79 Å². The number of amides is 1. The Hall–Kier alpha value is -1.69. The van der Waals surface area contributed by atoms with Gasteiger partial charge in [-0.25, -0.2) is 0 Å². The summed E-state index contributed by atoms with van der Waals surface area (Å²) in [5.41, 5.74) is 5.79. The minimum absolute atomic E-state index is 0.0624. The summed E-state index contributed by atoms with van der Waals surface area (Å²) in [4.78, 5) is 13.7. The number of hydrogen-bond acceptors (Lipinski definition) is 4. The van der Waals surface area contributed by atoms with Crippen LogP contribution < -0.4 is 5.73 Å². The van der Waals surface area contributed by atoms with Crippen molar-refractivity contribution in [2.75, 3.05) is 19.6 Å². The van der Waals surface area contributed by atoms with Crippen molar-refractivity contribution in [2.45, 2.75) is 13.0 Å². The Morgan fingerprint density at radius 2 is 2.38 bits per heavy atom. The van der Waals surface area contributed by atoms with Crippen LogP contribution in [0.1, 0.15) is 16.9 Å². The number of rotatable bonds is 3. The molecule has 1 amide bonds. The molecule has 0 saturated heterocycles. The van der Waals surface area contributed by atoms with Crippen LogP contribution in [0.4, 0.5) is 0 Å². The molecule has 1 aliphatic heterocycles. The summed E-state index contributed by atoms with van der Waals surface area (Å²) in [5.74, 6) is -0.0624. The van der Waals surface area contributed by atoms with E-state index in [0.717, 1.165) is 13.0 Å². The third kappa shape index (κ3) is 2.27. The summed E-state index contributed by atoms with van der Waals surface area (Å²) in [6.45, 7) is 2.48. The van der Waals surface area contributed by atoms with E-state index in [4.69, 9.17) is 5.73 Å². The number of carbonyl (C=O) groups excluding carboxylic acids is 1. The van der Waals surface area contributed by atoms with E-state index in [1.165, 1.54) is 0 Å². The largest absolute Gasteiger partial charge is 0.333 e. The summed E-state index contributed by atoms with van der Waals surface area (Å²) >= 11 is 0. The SMILES string of the molecule is NCCn1cc(C(=O)N2CC=CCC2)nn1. The van der Waals surface area contributed by atoms with E-state index in [1.807, 2.05) is 6.08 Å². The van der Waals surface area contributed by atoms with E-state index in [2.05, 4.69) is 16.4 Å². The summed E-state index contributed by atoms with van der Waals surface area (Å²) in [7, 11) is 0.